The third kappa shape index (κ3) is 4.53. The summed E-state index contributed by atoms with van der Waals surface area (Å²) in [7, 11) is 0. The van der Waals surface area contributed by atoms with Crippen molar-refractivity contribution < 1.29 is 0 Å². The van der Waals surface area contributed by atoms with Gasteiger partial charge < -0.3 is 4.57 Å². The molecule has 260 valence electrons. The maximum Gasteiger partial charge on any atom is 0.235 e. The number of rotatable bonds is 5. The van der Waals surface area contributed by atoms with Gasteiger partial charge in [0.15, 0.2) is 0 Å². The first-order valence-corrected chi connectivity index (χ1v) is 19.1. The molecule has 0 radical (unpaired) electrons. The van der Waals surface area contributed by atoms with Crippen LogP contribution in [0.25, 0.3) is 110 Å². The second kappa shape index (κ2) is 12.0. The van der Waals surface area contributed by atoms with Gasteiger partial charge in [-0.3, -0.25) is 4.57 Å². The summed E-state index contributed by atoms with van der Waals surface area (Å²) in [6.45, 7) is 0. The molecule has 0 saturated carbocycles. The lowest BCUT2D eigenvalue weighted by atomic mass is 9.94. The normalized spacial score (nSPS) is 11.9. The maximum atomic E-state index is 5.40. The first kappa shape index (κ1) is 30.9. The summed E-state index contributed by atoms with van der Waals surface area (Å²) >= 11 is 0. The molecule has 0 spiro atoms. The zero-order valence-corrected chi connectivity index (χ0v) is 30.3. The van der Waals surface area contributed by atoms with Gasteiger partial charge in [0.25, 0.3) is 0 Å². The molecule has 0 bridgehead atoms. The summed E-state index contributed by atoms with van der Waals surface area (Å²) in [5.41, 5.74) is 13.4. The van der Waals surface area contributed by atoms with Gasteiger partial charge in [-0.1, -0.05) is 146 Å². The lowest BCUT2D eigenvalue weighted by molar-refractivity contribution is 1.01. The zero-order valence-electron chi connectivity index (χ0n) is 30.3. The van der Waals surface area contributed by atoms with Gasteiger partial charge in [-0.05, 0) is 81.6 Å². The Labute approximate surface area is 322 Å². The fourth-order valence-electron chi connectivity index (χ4n) is 8.99. The molecule has 3 aromatic heterocycles. The van der Waals surface area contributed by atoms with Crippen LogP contribution in [0.2, 0.25) is 0 Å². The fourth-order valence-corrected chi connectivity index (χ4v) is 8.99. The molecule has 4 nitrogen and oxygen atoms in total. The van der Waals surface area contributed by atoms with E-state index >= 15 is 0 Å². The highest BCUT2D eigenvalue weighted by atomic mass is 15.2. The highest BCUT2D eigenvalue weighted by Gasteiger charge is 2.22. The Kier molecular flexibility index (Phi) is 6.60. The van der Waals surface area contributed by atoms with E-state index in [9.17, 15) is 0 Å². The van der Waals surface area contributed by atoms with Gasteiger partial charge in [0.1, 0.15) is 0 Å². The van der Waals surface area contributed by atoms with Crippen molar-refractivity contribution in [3.8, 4) is 45.1 Å². The first-order valence-electron chi connectivity index (χ1n) is 19.1. The minimum Gasteiger partial charge on any atom is -0.309 e. The molecular weight excluding hydrogens is 681 g/mol. The van der Waals surface area contributed by atoms with Gasteiger partial charge in [-0.15, -0.1) is 0 Å². The number of fused-ring (bicyclic) bond motifs is 4. The zero-order chi connectivity index (χ0) is 36.7. The van der Waals surface area contributed by atoms with Gasteiger partial charge in [0, 0.05) is 38.2 Å². The predicted octanol–water partition coefficient (Wildman–Crippen LogP) is 13.4. The van der Waals surface area contributed by atoms with Crippen molar-refractivity contribution in [3.63, 3.8) is 0 Å². The quantitative estimate of drug-likeness (QED) is 0.167. The third-order valence-electron chi connectivity index (χ3n) is 11.5. The molecule has 0 saturated heterocycles. The van der Waals surface area contributed by atoms with Crippen molar-refractivity contribution in [1.82, 2.24) is 19.1 Å². The summed E-state index contributed by atoms with van der Waals surface area (Å²) in [6.07, 6.45) is 0. The Hall–Kier alpha value is -7.56. The average molecular weight is 713 g/mol. The lowest BCUT2D eigenvalue weighted by Gasteiger charge is -2.13. The van der Waals surface area contributed by atoms with E-state index in [2.05, 4.69) is 203 Å². The van der Waals surface area contributed by atoms with Crippen LogP contribution in [0.4, 0.5) is 0 Å². The fraction of sp³-hybridized carbons (Fsp3) is 0. The summed E-state index contributed by atoms with van der Waals surface area (Å²) in [6, 6.07) is 69.6. The van der Waals surface area contributed by atoms with Crippen LogP contribution in [0.3, 0.4) is 0 Å². The molecule has 12 aromatic rings. The highest BCUT2D eigenvalue weighted by molar-refractivity contribution is 6.26. The lowest BCUT2D eigenvalue weighted by Crippen LogP contribution is -2.03. The van der Waals surface area contributed by atoms with Crippen LogP contribution in [0.15, 0.2) is 194 Å². The molecule has 12 rings (SSSR count). The van der Waals surface area contributed by atoms with E-state index in [1.807, 2.05) is 0 Å². The van der Waals surface area contributed by atoms with Crippen molar-refractivity contribution in [2.75, 3.05) is 0 Å². The predicted molar refractivity (Wildman–Crippen MR) is 233 cm³/mol. The molecule has 4 heteroatoms. The summed E-state index contributed by atoms with van der Waals surface area (Å²) in [5.74, 6) is 0.665. The van der Waals surface area contributed by atoms with Crippen molar-refractivity contribution in [3.05, 3.63) is 194 Å². The van der Waals surface area contributed by atoms with Crippen molar-refractivity contribution in [2.45, 2.75) is 0 Å². The Balaban J connectivity index is 1.06. The number of benzene rings is 9. The molecule has 0 aliphatic heterocycles. The molecular formula is C52H32N4. The van der Waals surface area contributed by atoms with E-state index < -0.39 is 0 Å². The van der Waals surface area contributed by atoms with Crippen molar-refractivity contribution >= 4 is 65.3 Å². The van der Waals surface area contributed by atoms with Crippen molar-refractivity contribution in [1.29, 1.82) is 0 Å². The standard InChI is InChI=1S/C52H32N4/c1-3-12-33(13-4-1)34-22-24-36(25-23-34)51-42-18-7-9-19-44(42)53-52(54-51)56-47-21-11-14-35-26-28-41-39(29-31-48(56)50(41)49(35)47)37-27-30-46-43(32-37)40-17-8-10-20-45(40)55(46)38-15-5-2-6-16-38/h1-32H. The molecule has 0 fully saturated rings. The third-order valence-corrected chi connectivity index (χ3v) is 11.5. The Morgan fingerprint density at radius 3 is 1.84 bits per heavy atom. The average Bonchev–Trinajstić information content (AvgIpc) is 3.79. The Bertz CT molecular complexity index is 3450. The minimum atomic E-state index is 0.665. The van der Waals surface area contributed by atoms with Crippen LogP contribution >= 0.6 is 0 Å². The van der Waals surface area contributed by atoms with Gasteiger partial charge in [-0.25, -0.2) is 9.97 Å². The van der Waals surface area contributed by atoms with Gasteiger partial charge in [0.05, 0.1) is 33.3 Å². The molecule has 0 aliphatic rings. The van der Waals surface area contributed by atoms with Crippen LogP contribution in [0, 0.1) is 0 Å². The van der Waals surface area contributed by atoms with Gasteiger partial charge >= 0.3 is 0 Å². The minimum absolute atomic E-state index is 0.665. The number of hydrogen-bond donors (Lipinski definition) is 0. The Morgan fingerprint density at radius 1 is 0.339 bits per heavy atom. The van der Waals surface area contributed by atoms with Crippen molar-refractivity contribution in [2.24, 2.45) is 0 Å². The number of nitrogens with zero attached hydrogens (tertiary/aromatic N) is 4. The van der Waals surface area contributed by atoms with E-state index in [0.717, 1.165) is 38.9 Å². The van der Waals surface area contributed by atoms with E-state index in [1.165, 1.54) is 65.6 Å². The van der Waals surface area contributed by atoms with Crippen LogP contribution in [-0.2, 0) is 0 Å². The highest BCUT2D eigenvalue weighted by Crippen LogP contribution is 2.44. The molecule has 0 unspecified atom stereocenters. The number of aromatic nitrogens is 4. The number of para-hydroxylation sites is 3. The van der Waals surface area contributed by atoms with Gasteiger partial charge in [-0.2, -0.15) is 0 Å². The summed E-state index contributed by atoms with van der Waals surface area (Å²) < 4.78 is 4.64. The van der Waals surface area contributed by atoms with E-state index in [4.69, 9.17) is 9.97 Å². The first-order chi connectivity index (χ1) is 27.8. The molecule has 9 aromatic carbocycles. The molecule has 0 N–H and O–H groups in total. The van der Waals surface area contributed by atoms with Crippen LogP contribution < -0.4 is 0 Å². The monoisotopic (exact) mass is 712 g/mol. The summed E-state index contributed by atoms with van der Waals surface area (Å²) in [4.78, 5) is 10.6. The molecule has 0 aliphatic carbocycles. The molecule has 56 heavy (non-hydrogen) atoms. The smallest absolute Gasteiger partial charge is 0.235 e. The Morgan fingerprint density at radius 2 is 0.982 bits per heavy atom. The van der Waals surface area contributed by atoms with E-state index in [1.54, 1.807) is 0 Å². The number of hydrogen-bond acceptors (Lipinski definition) is 2. The maximum absolute atomic E-state index is 5.40. The summed E-state index contributed by atoms with van der Waals surface area (Å²) in [5, 5.41) is 8.40. The van der Waals surface area contributed by atoms with Crippen LogP contribution in [0.5, 0.6) is 0 Å². The van der Waals surface area contributed by atoms with Crippen LogP contribution in [0.1, 0.15) is 0 Å². The molecule has 3 heterocycles. The topological polar surface area (TPSA) is 35.6 Å². The second-order valence-electron chi connectivity index (χ2n) is 14.6. The molecule has 0 atom stereocenters. The van der Waals surface area contributed by atoms with E-state index in [-0.39, 0.29) is 0 Å². The SMILES string of the molecule is c1ccc(-c2ccc(-c3nc(-n4c5cccc6ccc7c(-c8ccc9c(c8)c8ccccc8n9-c8ccccc8)ccc4c7c65)nc4ccccc34)cc2)cc1. The molecule has 0 amide bonds. The second-order valence-corrected chi connectivity index (χ2v) is 14.6. The largest absolute Gasteiger partial charge is 0.309 e. The van der Waals surface area contributed by atoms with Gasteiger partial charge in [0.2, 0.25) is 5.95 Å². The van der Waals surface area contributed by atoms with Crippen LogP contribution in [-0.4, -0.2) is 19.1 Å². The van der Waals surface area contributed by atoms with E-state index in [0.29, 0.717) is 5.95 Å².